The van der Waals surface area contributed by atoms with E-state index in [1.54, 1.807) is 14.1 Å². The van der Waals surface area contributed by atoms with Gasteiger partial charge in [0, 0.05) is 7.05 Å². The van der Waals surface area contributed by atoms with Crippen molar-refractivity contribution in [1.29, 1.82) is 0 Å². The van der Waals surface area contributed by atoms with Crippen LogP contribution in [0.1, 0.15) is 10.5 Å². The molecule has 1 heterocycles. The van der Waals surface area contributed by atoms with Gasteiger partial charge in [-0.3, -0.25) is 9.48 Å². The first-order valence-electron chi connectivity index (χ1n) is 3.52. The Morgan fingerprint density at radius 3 is 2.92 bits per heavy atom. The van der Waals surface area contributed by atoms with E-state index in [-0.39, 0.29) is 12.3 Å². The number of Topliss-reactive ketones (excluding diaryl/α,β-unsaturated/α-hetero) is 1. The topological polar surface area (TPSA) is 46.9 Å². The van der Waals surface area contributed by atoms with Gasteiger partial charge >= 0.3 is 0 Å². The summed E-state index contributed by atoms with van der Waals surface area (Å²) < 4.78 is 1.47. The minimum atomic E-state index is -0.0532. The number of hydrogen-bond acceptors (Lipinski definition) is 3. The number of carbonyl (C=O) groups excluding carboxylic acids is 1. The molecule has 0 aliphatic heterocycles. The Kier molecular flexibility index (Phi) is 2.83. The molecule has 1 aromatic rings. The average Bonchev–Trinajstić information content (AvgIpc) is 2.32. The number of aromatic nitrogens is 2. The molecule has 0 fully saturated rings. The monoisotopic (exact) mass is 187 g/mol. The Morgan fingerprint density at radius 2 is 2.50 bits per heavy atom. The molecule has 0 saturated heterocycles. The molecule has 66 valence electrons. The molecule has 1 aromatic heterocycles. The molecule has 1 N–H and O–H groups in total. The molecule has 12 heavy (non-hydrogen) atoms. The predicted molar refractivity (Wildman–Crippen MR) is 46.5 cm³/mol. The van der Waals surface area contributed by atoms with Gasteiger partial charge < -0.3 is 5.32 Å². The van der Waals surface area contributed by atoms with Gasteiger partial charge in [-0.1, -0.05) is 11.6 Å². The number of halogens is 1. The van der Waals surface area contributed by atoms with Crippen LogP contribution in [0.4, 0.5) is 0 Å². The van der Waals surface area contributed by atoms with Crippen LogP contribution in [0, 0.1) is 0 Å². The molecule has 0 bridgehead atoms. The SMILES string of the molecule is CNCC(=O)c1c(Cl)cnn1C. The van der Waals surface area contributed by atoms with Crippen LogP contribution >= 0.6 is 11.6 Å². The molecule has 0 atom stereocenters. The zero-order valence-electron chi connectivity index (χ0n) is 6.97. The lowest BCUT2D eigenvalue weighted by atomic mass is 10.3. The molecule has 5 heteroatoms. The summed E-state index contributed by atoms with van der Waals surface area (Å²) >= 11 is 5.74. The third-order valence-electron chi connectivity index (χ3n) is 1.50. The summed E-state index contributed by atoms with van der Waals surface area (Å²) in [6, 6.07) is 0. The fraction of sp³-hybridized carbons (Fsp3) is 0.429. The van der Waals surface area contributed by atoms with Gasteiger partial charge in [-0.05, 0) is 7.05 Å². The number of aryl methyl sites for hydroxylation is 1. The Morgan fingerprint density at radius 1 is 1.83 bits per heavy atom. The van der Waals surface area contributed by atoms with Gasteiger partial charge in [0.15, 0.2) is 5.78 Å². The normalized spacial score (nSPS) is 10.2. The van der Waals surface area contributed by atoms with E-state index < -0.39 is 0 Å². The number of nitrogens with one attached hydrogen (secondary N) is 1. The number of carbonyl (C=O) groups is 1. The fourth-order valence-electron chi connectivity index (χ4n) is 0.969. The summed E-state index contributed by atoms with van der Waals surface area (Å²) in [5.41, 5.74) is 0.450. The van der Waals surface area contributed by atoms with E-state index in [4.69, 9.17) is 11.6 Å². The molecule has 0 aliphatic rings. The molecule has 0 aliphatic carbocycles. The number of ketones is 1. The maximum Gasteiger partial charge on any atom is 0.196 e. The van der Waals surface area contributed by atoms with Crippen LogP contribution in [0.15, 0.2) is 6.20 Å². The molecule has 0 spiro atoms. The Balaban J connectivity index is 2.93. The molecular weight excluding hydrogens is 178 g/mol. The fourth-order valence-corrected chi connectivity index (χ4v) is 1.24. The second-order valence-corrected chi connectivity index (χ2v) is 2.83. The van der Waals surface area contributed by atoms with Crippen LogP contribution in [0.2, 0.25) is 5.02 Å². The van der Waals surface area contributed by atoms with Crippen molar-refractivity contribution in [2.24, 2.45) is 7.05 Å². The highest BCUT2D eigenvalue weighted by Crippen LogP contribution is 2.13. The van der Waals surface area contributed by atoms with Crippen molar-refractivity contribution in [1.82, 2.24) is 15.1 Å². The van der Waals surface area contributed by atoms with E-state index in [1.807, 2.05) is 0 Å². The molecule has 1 rings (SSSR count). The second-order valence-electron chi connectivity index (χ2n) is 2.42. The lowest BCUT2D eigenvalue weighted by Crippen LogP contribution is -2.21. The van der Waals surface area contributed by atoms with Crippen molar-refractivity contribution >= 4 is 17.4 Å². The number of hydrogen-bond donors (Lipinski definition) is 1. The largest absolute Gasteiger partial charge is 0.313 e. The van der Waals surface area contributed by atoms with E-state index in [0.29, 0.717) is 10.7 Å². The molecule has 0 aromatic carbocycles. The van der Waals surface area contributed by atoms with Crippen molar-refractivity contribution in [3.05, 3.63) is 16.9 Å². The smallest absolute Gasteiger partial charge is 0.196 e. The first-order valence-corrected chi connectivity index (χ1v) is 3.90. The van der Waals surface area contributed by atoms with E-state index in [2.05, 4.69) is 10.4 Å². The summed E-state index contributed by atoms with van der Waals surface area (Å²) in [4.78, 5) is 11.3. The van der Waals surface area contributed by atoms with Gasteiger partial charge in [0.1, 0.15) is 5.69 Å². The lowest BCUT2D eigenvalue weighted by Gasteiger charge is -2.00. The van der Waals surface area contributed by atoms with Gasteiger partial charge in [0.25, 0.3) is 0 Å². The molecular formula is C7H10ClN3O. The highest BCUT2D eigenvalue weighted by Gasteiger charge is 2.13. The first kappa shape index (κ1) is 9.22. The van der Waals surface area contributed by atoms with Gasteiger partial charge in [-0.2, -0.15) is 5.10 Å². The number of likely N-dealkylation sites (N-methyl/N-ethyl adjacent to an activating group) is 1. The van der Waals surface area contributed by atoms with E-state index in [9.17, 15) is 4.79 Å². The minimum Gasteiger partial charge on any atom is -0.313 e. The summed E-state index contributed by atoms with van der Waals surface area (Å²) in [5, 5.41) is 7.02. The maximum absolute atomic E-state index is 11.3. The average molecular weight is 188 g/mol. The van der Waals surface area contributed by atoms with Crippen molar-refractivity contribution in [2.45, 2.75) is 0 Å². The van der Waals surface area contributed by atoms with Gasteiger partial charge in [0.2, 0.25) is 0 Å². The minimum absolute atomic E-state index is 0.0532. The second kappa shape index (κ2) is 3.69. The zero-order valence-corrected chi connectivity index (χ0v) is 7.72. The summed E-state index contributed by atoms with van der Waals surface area (Å²) in [7, 11) is 3.40. The van der Waals surface area contributed by atoms with E-state index in [0.717, 1.165) is 0 Å². The number of nitrogens with zero attached hydrogens (tertiary/aromatic N) is 2. The molecule has 4 nitrogen and oxygen atoms in total. The standard InChI is InChI=1S/C7H10ClN3O/c1-9-4-6(12)7-5(8)3-10-11(7)2/h3,9H,4H2,1-2H3. The highest BCUT2D eigenvalue weighted by atomic mass is 35.5. The van der Waals surface area contributed by atoms with Crippen LogP contribution in [-0.4, -0.2) is 29.2 Å². The van der Waals surface area contributed by atoms with Crippen molar-refractivity contribution < 1.29 is 4.79 Å². The summed E-state index contributed by atoms with van der Waals surface area (Å²) in [6.45, 7) is 0.277. The molecule has 0 radical (unpaired) electrons. The maximum atomic E-state index is 11.3. The number of rotatable bonds is 3. The third kappa shape index (κ3) is 1.65. The van der Waals surface area contributed by atoms with Crippen LogP contribution < -0.4 is 5.32 Å². The Hall–Kier alpha value is -0.870. The van der Waals surface area contributed by atoms with Gasteiger partial charge in [0.05, 0.1) is 17.8 Å². The van der Waals surface area contributed by atoms with Crippen LogP contribution in [-0.2, 0) is 7.05 Å². The highest BCUT2D eigenvalue weighted by molar-refractivity contribution is 6.33. The van der Waals surface area contributed by atoms with Crippen molar-refractivity contribution in [2.75, 3.05) is 13.6 Å². The molecule has 0 saturated carbocycles. The van der Waals surface area contributed by atoms with Gasteiger partial charge in [-0.15, -0.1) is 0 Å². The van der Waals surface area contributed by atoms with Crippen molar-refractivity contribution in [3.63, 3.8) is 0 Å². The quantitative estimate of drug-likeness (QED) is 0.701. The third-order valence-corrected chi connectivity index (χ3v) is 1.77. The van der Waals surface area contributed by atoms with Crippen LogP contribution in [0.3, 0.4) is 0 Å². The van der Waals surface area contributed by atoms with E-state index >= 15 is 0 Å². The Bertz CT molecular complexity index is 275. The van der Waals surface area contributed by atoms with E-state index in [1.165, 1.54) is 10.9 Å². The van der Waals surface area contributed by atoms with Gasteiger partial charge in [-0.25, -0.2) is 0 Å². The molecule has 0 amide bonds. The lowest BCUT2D eigenvalue weighted by molar-refractivity contribution is 0.0985. The summed E-state index contributed by atoms with van der Waals surface area (Å²) in [5.74, 6) is -0.0532. The molecule has 0 unspecified atom stereocenters. The zero-order chi connectivity index (χ0) is 9.14. The summed E-state index contributed by atoms with van der Waals surface area (Å²) in [6.07, 6.45) is 1.46. The first-order chi connectivity index (χ1) is 5.66. The van der Waals surface area contributed by atoms with Crippen molar-refractivity contribution in [3.8, 4) is 0 Å². The Labute approximate surface area is 75.5 Å². The van der Waals surface area contributed by atoms with Crippen LogP contribution in [0.25, 0.3) is 0 Å². The predicted octanol–water partition coefficient (Wildman–Crippen LogP) is 0.476. The van der Waals surface area contributed by atoms with Crippen LogP contribution in [0.5, 0.6) is 0 Å².